The topological polar surface area (TPSA) is 86.0 Å². The van der Waals surface area contributed by atoms with Gasteiger partial charge >= 0.3 is 5.69 Å². The smallest absolute Gasteiger partial charge is 0.344 e. The predicted molar refractivity (Wildman–Crippen MR) is 131 cm³/mol. The number of hydrogen-bond donors (Lipinski definition) is 1. The maximum Gasteiger partial charge on any atom is 0.352 e. The summed E-state index contributed by atoms with van der Waals surface area (Å²) < 4.78 is 16.2. The van der Waals surface area contributed by atoms with Crippen molar-refractivity contribution >= 4 is 5.91 Å². The molecule has 1 atom stereocenters. The van der Waals surface area contributed by atoms with Crippen molar-refractivity contribution in [1.29, 1.82) is 0 Å². The molecular formula is C27H25FN4O3. The molecule has 0 radical (unpaired) electrons. The van der Waals surface area contributed by atoms with Crippen molar-refractivity contribution < 1.29 is 9.18 Å². The summed E-state index contributed by atoms with van der Waals surface area (Å²) in [6.07, 6.45) is 0. The Labute approximate surface area is 201 Å². The van der Waals surface area contributed by atoms with Gasteiger partial charge in [-0.15, -0.1) is 0 Å². The molecule has 35 heavy (non-hydrogen) atoms. The van der Waals surface area contributed by atoms with Gasteiger partial charge in [-0.2, -0.15) is 9.78 Å². The zero-order valence-corrected chi connectivity index (χ0v) is 19.7. The largest absolute Gasteiger partial charge is 0.352 e. The Morgan fingerprint density at radius 3 is 2.34 bits per heavy atom. The number of carbonyl (C=O) groups excluding carboxylic acids is 1. The van der Waals surface area contributed by atoms with Crippen LogP contribution in [0.15, 0.2) is 82.4 Å². The average molecular weight is 473 g/mol. The third kappa shape index (κ3) is 4.96. The van der Waals surface area contributed by atoms with Crippen LogP contribution >= 0.6 is 0 Å². The molecule has 4 aromatic rings. The van der Waals surface area contributed by atoms with Crippen LogP contribution in [0.1, 0.15) is 45.7 Å². The summed E-state index contributed by atoms with van der Waals surface area (Å²) in [4.78, 5) is 39.8. The summed E-state index contributed by atoms with van der Waals surface area (Å²) >= 11 is 0. The van der Waals surface area contributed by atoms with Crippen LogP contribution in [-0.2, 0) is 6.54 Å². The minimum atomic E-state index is -0.893. The predicted octanol–water partition coefficient (Wildman–Crippen LogP) is 3.69. The molecule has 7 nitrogen and oxygen atoms in total. The fourth-order valence-corrected chi connectivity index (χ4v) is 3.71. The van der Waals surface area contributed by atoms with Gasteiger partial charge in [0.05, 0.1) is 18.3 Å². The first-order valence-corrected chi connectivity index (χ1v) is 11.2. The Bertz CT molecular complexity index is 1510. The minimum absolute atomic E-state index is 0.147. The molecule has 0 fully saturated rings. The van der Waals surface area contributed by atoms with Crippen molar-refractivity contribution in [1.82, 2.24) is 19.7 Å². The second-order valence-corrected chi connectivity index (χ2v) is 8.40. The van der Waals surface area contributed by atoms with Crippen LogP contribution in [0.4, 0.5) is 4.39 Å². The highest BCUT2D eigenvalue weighted by atomic mass is 19.1. The van der Waals surface area contributed by atoms with E-state index in [-0.39, 0.29) is 12.1 Å². The zero-order valence-electron chi connectivity index (χ0n) is 19.7. The number of halogens is 1. The fourth-order valence-electron chi connectivity index (χ4n) is 3.71. The monoisotopic (exact) mass is 472 g/mol. The third-order valence-corrected chi connectivity index (χ3v) is 5.94. The minimum Gasteiger partial charge on any atom is -0.344 e. The van der Waals surface area contributed by atoms with Crippen molar-refractivity contribution in [2.45, 2.75) is 33.4 Å². The van der Waals surface area contributed by atoms with E-state index in [0.717, 1.165) is 25.9 Å². The Hall–Kier alpha value is -4.33. The molecular weight excluding hydrogens is 447 g/mol. The van der Waals surface area contributed by atoms with Crippen molar-refractivity contribution in [3.63, 3.8) is 0 Å². The highest BCUT2D eigenvalue weighted by molar-refractivity contribution is 5.92. The van der Waals surface area contributed by atoms with Gasteiger partial charge in [-0.1, -0.05) is 54.6 Å². The summed E-state index contributed by atoms with van der Waals surface area (Å²) in [5.74, 6) is -1.29. The molecule has 1 heterocycles. The molecule has 1 aromatic heterocycles. The number of aromatic nitrogens is 3. The number of rotatable bonds is 6. The van der Waals surface area contributed by atoms with Crippen molar-refractivity contribution in [3.8, 4) is 5.69 Å². The van der Waals surface area contributed by atoms with Gasteiger partial charge in [0.25, 0.3) is 11.5 Å². The number of nitrogens with zero attached hydrogens (tertiary/aromatic N) is 3. The van der Waals surface area contributed by atoms with Crippen molar-refractivity contribution in [2.24, 2.45) is 0 Å². The van der Waals surface area contributed by atoms with E-state index in [4.69, 9.17) is 0 Å². The Balaban J connectivity index is 1.84. The van der Waals surface area contributed by atoms with E-state index in [1.807, 2.05) is 50.2 Å². The molecule has 8 heteroatoms. The summed E-state index contributed by atoms with van der Waals surface area (Å²) in [6.45, 7) is 5.25. The van der Waals surface area contributed by atoms with Gasteiger partial charge in [-0.3, -0.25) is 14.2 Å². The van der Waals surface area contributed by atoms with E-state index in [0.29, 0.717) is 5.69 Å². The highest BCUT2D eigenvalue weighted by Gasteiger charge is 2.22. The quantitative estimate of drug-likeness (QED) is 0.464. The van der Waals surface area contributed by atoms with Crippen LogP contribution in [0.25, 0.3) is 5.69 Å². The fraction of sp³-hybridized carbons (Fsp3) is 0.185. The summed E-state index contributed by atoms with van der Waals surface area (Å²) in [6, 6.07) is 20.0. The maximum absolute atomic E-state index is 14.4. The standard InChI is InChI=1S/C27H25FN4O3/c1-17-13-14-22(15-18(17)2)32-27(35)31(16-21-11-7-8-12-23(21)28)26(34)24(30-32)25(33)29-19(3)20-9-5-4-6-10-20/h4-15,19H,16H2,1-3H3,(H,29,33). The van der Waals surface area contributed by atoms with Gasteiger partial charge in [-0.25, -0.2) is 9.18 Å². The van der Waals surface area contributed by atoms with E-state index in [2.05, 4.69) is 10.4 Å². The first-order chi connectivity index (χ1) is 16.8. The van der Waals surface area contributed by atoms with Crippen LogP contribution < -0.4 is 16.6 Å². The van der Waals surface area contributed by atoms with E-state index < -0.39 is 34.7 Å². The molecule has 1 unspecified atom stereocenters. The highest BCUT2D eigenvalue weighted by Crippen LogP contribution is 2.14. The molecule has 0 saturated heterocycles. The van der Waals surface area contributed by atoms with Crippen molar-refractivity contribution in [2.75, 3.05) is 0 Å². The Kier molecular flexibility index (Phi) is 6.73. The summed E-state index contributed by atoms with van der Waals surface area (Å²) in [5.41, 5.74) is 1.18. The van der Waals surface area contributed by atoms with E-state index in [9.17, 15) is 18.8 Å². The Morgan fingerprint density at radius 2 is 1.66 bits per heavy atom. The van der Waals surface area contributed by atoms with Gasteiger partial charge in [0.1, 0.15) is 5.82 Å². The number of amides is 1. The van der Waals surface area contributed by atoms with Gasteiger partial charge in [-0.05, 0) is 55.7 Å². The number of carbonyl (C=O) groups is 1. The Morgan fingerprint density at radius 1 is 0.971 bits per heavy atom. The van der Waals surface area contributed by atoms with Crippen LogP contribution in [-0.4, -0.2) is 20.3 Å². The molecule has 0 bridgehead atoms. The van der Waals surface area contributed by atoms with Crippen LogP contribution in [0.5, 0.6) is 0 Å². The lowest BCUT2D eigenvalue weighted by Gasteiger charge is -2.16. The summed E-state index contributed by atoms with van der Waals surface area (Å²) in [7, 11) is 0. The lowest BCUT2D eigenvalue weighted by Crippen LogP contribution is -2.46. The van der Waals surface area contributed by atoms with Crippen LogP contribution in [0, 0.1) is 19.7 Å². The maximum atomic E-state index is 14.4. The lowest BCUT2D eigenvalue weighted by molar-refractivity contribution is 0.0930. The number of hydrogen-bond acceptors (Lipinski definition) is 4. The first kappa shape index (κ1) is 23.8. The number of nitrogens with one attached hydrogen (secondary N) is 1. The first-order valence-electron chi connectivity index (χ1n) is 11.2. The number of benzene rings is 3. The molecule has 3 aromatic carbocycles. The average Bonchev–Trinajstić information content (AvgIpc) is 2.85. The SMILES string of the molecule is Cc1ccc(-n2nc(C(=O)NC(C)c3ccccc3)c(=O)n(Cc3ccccc3F)c2=O)cc1C. The molecule has 0 spiro atoms. The lowest BCUT2D eigenvalue weighted by atomic mass is 10.1. The number of aryl methyl sites for hydroxylation is 2. The molecule has 0 aliphatic rings. The second kappa shape index (κ2) is 9.89. The van der Waals surface area contributed by atoms with Crippen LogP contribution in [0.3, 0.4) is 0 Å². The van der Waals surface area contributed by atoms with Gasteiger partial charge in [0.15, 0.2) is 0 Å². The van der Waals surface area contributed by atoms with Crippen LogP contribution in [0.2, 0.25) is 0 Å². The molecule has 0 aliphatic heterocycles. The zero-order chi connectivity index (χ0) is 25.1. The molecule has 4 rings (SSSR count). The summed E-state index contributed by atoms with van der Waals surface area (Å²) in [5, 5.41) is 6.92. The van der Waals surface area contributed by atoms with Gasteiger partial charge in [0, 0.05) is 5.56 Å². The molecule has 1 N–H and O–H groups in total. The molecule has 178 valence electrons. The molecule has 0 saturated carbocycles. The second-order valence-electron chi connectivity index (χ2n) is 8.40. The van der Waals surface area contributed by atoms with E-state index >= 15 is 0 Å². The normalized spacial score (nSPS) is 11.8. The molecule has 1 amide bonds. The van der Waals surface area contributed by atoms with Gasteiger partial charge in [0.2, 0.25) is 5.69 Å². The van der Waals surface area contributed by atoms with Gasteiger partial charge < -0.3 is 5.32 Å². The van der Waals surface area contributed by atoms with E-state index in [1.54, 1.807) is 25.1 Å². The molecule has 0 aliphatic carbocycles. The van der Waals surface area contributed by atoms with Crippen molar-refractivity contribution in [3.05, 3.63) is 127 Å². The third-order valence-electron chi connectivity index (χ3n) is 5.94. The van der Waals surface area contributed by atoms with E-state index in [1.165, 1.54) is 18.2 Å².